The fourth-order valence-corrected chi connectivity index (χ4v) is 1.81. The van der Waals surface area contributed by atoms with Gasteiger partial charge in [-0.1, -0.05) is 26.0 Å². The molecule has 0 aliphatic heterocycles. The monoisotopic (exact) mass is 271 g/mol. The summed E-state index contributed by atoms with van der Waals surface area (Å²) in [6.45, 7) is 4.75. The molecule has 1 aromatic heterocycles. The van der Waals surface area contributed by atoms with Gasteiger partial charge in [0, 0.05) is 5.56 Å². The summed E-state index contributed by atoms with van der Waals surface area (Å²) in [5.74, 6) is 1.13. The van der Waals surface area contributed by atoms with E-state index in [1.165, 1.54) is 6.07 Å². The molecule has 4 nitrogen and oxygen atoms in total. The molecule has 0 aliphatic carbocycles. The Labute approximate surface area is 117 Å². The highest BCUT2D eigenvalue weighted by molar-refractivity contribution is 5.76. The van der Waals surface area contributed by atoms with Crippen molar-refractivity contribution >= 4 is 6.29 Å². The fraction of sp³-hybridized carbons (Fsp3) is 0.250. The van der Waals surface area contributed by atoms with Gasteiger partial charge >= 0.3 is 0 Å². The second-order valence-electron chi connectivity index (χ2n) is 4.98. The summed E-state index contributed by atoms with van der Waals surface area (Å²) in [4.78, 5) is 25.1. The minimum absolute atomic E-state index is 0.120. The van der Waals surface area contributed by atoms with Crippen molar-refractivity contribution in [1.82, 2.24) is 4.98 Å². The summed E-state index contributed by atoms with van der Waals surface area (Å²) >= 11 is 0. The largest absolute Gasteiger partial charge is 0.493 e. The smallest absolute Gasteiger partial charge is 0.258 e. The molecule has 0 radical (unpaired) electrons. The Morgan fingerprint density at radius 3 is 2.60 bits per heavy atom. The van der Waals surface area contributed by atoms with Crippen LogP contribution in [-0.2, 0) is 0 Å². The second-order valence-corrected chi connectivity index (χ2v) is 4.98. The summed E-state index contributed by atoms with van der Waals surface area (Å²) in [7, 11) is 0. The molecule has 1 heterocycles. The number of aromatic nitrogens is 1. The summed E-state index contributed by atoms with van der Waals surface area (Å²) < 4.78 is 5.76. The number of carbonyl (C=O) groups excluding carboxylic acids is 1. The SMILES string of the molecule is CC(C)COc1ccccc1-c1ccc(C=O)c(=O)[nH]1. The number of benzene rings is 1. The van der Waals surface area contributed by atoms with Gasteiger partial charge in [-0.05, 0) is 30.2 Å². The number of pyridine rings is 1. The first-order valence-electron chi connectivity index (χ1n) is 6.52. The van der Waals surface area contributed by atoms with Gasteiger partial charge in [0.05, 0.1) is 17.9 Å². The minimum Gasteiger partial charge on any atom is -0.493 e. The molecular formula is C16H17NO3. The number of hydrogen-bond acceptors (Lipinski definition) is 3. The van der Waals surface area contributed by atoms with Crippen molar-refractivity contribution in [2.45, 2.75) is 13.8 Å². The van der Waals surface area contributed by atoms with E-state index < -0.39 is 5.56 Å². The minimum atomic E-state index is -0.392. The molecule has 0 spiro atoms. The third-order valence-corrected chi connectivity index (χ3v) is 2.82. The molecule has 2 rings (SSSR count). The summed E-state index contributed by atoms with van der Waals surface area (Å²) in [5.41, 5.74) is 1.17. The number of aromatic amines is 1. The maximum atomic E-state index is 11.7. The first kappa shape index (κ1) is 14.1. The third kappa shape index (κ3) is 3.15. The lowest BCUT2D eigenvalue weighted by atomic mass is 10.1. The Hall–Kier alpha value is -2.36. The van der Waals surface area contributed by atoms with Gasteiger partial charge in [-0.3, -0.25) is 9.59 Å². The number of H-pyrrole nitrogens is 1. The molecule has 0 bridgehead atoms. The molecule has 0 fully saturated rings. The molecule has 1 aromatic carbocycles. The first-order chi connectivity index (χ1) is 9.61. The van der Waals surface area contributed by atoms with Crippen LogP contribution in [-0.4, -0.2) is 17.9 Å². The average Bonchev–Trinajstić information content (AvgIpc) is 2.45. The molecule has 0 saturated heterocycles. The number of nitrogens with one attached hydrogen (secondary N) is 1. The van der Waals surface area contributed by atoms with Crippen molar-refractivity contribution in [2.24, 2.45) is 5.92 Å². The summed E-state index contributed by atoms with van der Waals surface area (Å²) in [6, 6.07) is 10.7. The normalized spacial score (nSPS) is 10.6. The zero-order chi connectivity index (χ0) is 14.5. The lowest BCUT2D eigenvalue weighted by molar-refractivity contribution is 0.112. The maximum Gasteiger partial charge on any atom is 0.258 e. The molecule has 20 heavy (non-hydrogen) atoms. The Kier molecular flexibility index (Phi) is 4.35. The van der Waals surface area contributed by atoms with Crippen LogP contribution in [0.25, 0.3) is 11.3 Å². The quantitative estimate of drug-likeness (QED) is 0.851. The van der Waals surface area contributed by atoms with E-state index >= 15 is 0 Å². The number of carbonyl (C=O) groups is 1. The number of ether oxygens (including phenoxy) is 1. The van der Waals surface area contributed by atoms with E-state index in [1.807, 2.05) is 24.3 Å². The molecule has 104 valence electrons. The van der Waals surface area contributed by atoms with Crippen LogP contribution < -0.4 is 10.3 Å². The highest BCUT2D eigenvalue weighted by Gasteiger charge is 2.08. The zero-order valence-electron chi connectivity index (χ0n) is 11.6. The van der Waals surface area contributed by atoms with Gasteiger partial charge < -0.3 is 9.72 Å². The first-order valence-corrected chi connectivity index (χ1v) is 6.52. The van der Waals surface area contributed by atoms with Crippen LogP contribution in [0.5, 0.6) is 5.75 Å². The van der Waals surface area contributed by atoms with Gasteiger partial charge in [0.25, 0.3) is 5.56 Å². The van der Waals surface area contributed by atoms with Crippen molar-refractivity contribution in [3.8, 4) is 17.0 Å². The molecule has 0 aliphatic rings. The topological polar surface area (TPSA) is 59.2 Å². The lowest BCUT2D eigenvalue weighted by Gasteiger charge is -2.13. The van der Waals surface area contributed by atoms with Crippen molar-refractivity contribution in [1.29, 1.82) is 0 Å². The van der Waals surface area contributed by atoms with Crippen LogP contribution in [0.15, 0.2) is 41.2 Å². The van der Waals surface area contributed by atoms with Crippen LogP contribution in [0.2, 0.25) is 0 Å². The highest BCUT2D eigenvalue weighted by Crippen LogP contribution is 2.28. The molecule has 2 aromatic rings. The van der Waals surface area contributed by atoms with Gasteiger partial charge in [-0.2, -0.15) is 0 Å². The number of aldehydes is 1. The molecule has 4 heteroatoms. The van der Waals surface area contributed by atoms with Gasteiger partial charge in [0.2, 0.25) is 0 Å². The maximum absolute atomic E-state index is 11.7. The van der Waals surface area contributed by atoms with Gasteiger partial charge in [0.1, 0.15) is 5.75 Å². The van der Waals surface area contributed by atoms with Crippen LogP contribution in [0.1, 0.15) is 24.2 Å². The Morgan fingerprint density at radius 2 is 1.95 bits per heavy atom. The van der Waals surface area contributed by atoms with Gasteiger partial charge in [0.15, 0.2) is 6.29 Å². The number of hydrogen-bond donors (Lipinski definition) is 1. The standard InChI is InChI=1S/C16H17NO3/c1-11(2)10-20-15-6-4-3-5-13(15)14-8-7-12(9-18)16(19)17-14/h3-9,11H,10H2,1-2H3,(H,17,19). The average molecular weight is 271 g/mol. The highest BCUT2D eigenvalue weighted by atomic mass is 16.5. The summed E-state index contributed by atoms with van der Waals surface area (Å²) in [5, 5.41) is 0. The van der Waals surface area contributed by atoms with E-state index in [0.29, 0.717) is 24.5 Å². The number of para-hydroxylation sites is 1. The van der Waals surface area contributed by atoms with E-state index in [1.54, 1.807) is 6.07 Å². The van der Waals surface area contributed by atoms with Crippen LogP contribution >= 0.6 is 0 Å². The fourth-order valence-electron chi connectivity index (χ4n) is 1.81. The second kappa shape index (κ2) is 6.19. The molecule has 0 amide bonds. The molecule has 0 saturated carbocycles. The van der Waals surface area contributed by atoms with E-state index in [4.69, 9.17) is 4.74 Å². The Balaban J connectivity index is 2.39. The molecule has 0 unspecified atom stereocenters. The van der Waals surface area contributed by atoms with Gasteiger partial charge in [-0.15, -0.1) is 0 Å². The zero-order valence-corrected chi connectivity index (χ0v) is 11.6. The molecular weight excluding hydrogens is 254 g/mol. The predicted octanol–water partition coefficient (Wildman–Crippen LogP) is 2.89. The van der Waals surface area contributed by atoms with Crippen LogP contribution in [0.4, 0.5) is 0 Å². The van der Waals surface area contributed by atoms with Crippen LogP contribution in [0, 0.1) is 5.92 Å². The van der Waals surface area contributed by atoms with E-state index in [0.717, 1.165) is 11.3 Å². The number of rotatable bonds is 5. The molecule has 1 N–H and O–H groups in total. The van der Waals surface area contributed by atoms with Crippen LogP contribution in [0.3, 0.4) is 0 Å². The van der Waals surface area contributed by atoms with Crippen molar-refractivity contribution in [3.63, 3.8) is 0 Å². The molecule has 0 atom stereocenters. The van der Waals surface area contributed by atoms with E-state index in [-0.39, 0.29) is 5.56 Å². The van der Waals surface area contributed by atoms with E-state index in [2.05, 4.69) is 18.8 Å². The Bertz CT molecular complexity index is 659. The van der Waals surface area contributed by atoms with Crippen molar-refractivity contribution < 1.29 is 9.53 Å². The Morgan fingerprint density at radius 1 is 1.20 bits per heavy atom. The van der Waals surface area contributed by atoms with Crippen molar-refractivity contribution in [3.05, 3.63) is 52.3 Å². The van der Waals surface area contributed by atoms with Crippen molar-refractivity contribution in [2.75, 3.05) is 6.61 Å². The lowest BCUT2D eigenvalue weighted by Crippen LogP contribution is -2.12. The van der Waals surface area contributed by atoms with E-state index in [9.17, 15) is 9.59 Å². The third-order valence-electron chi connectivity index (χ3n) is 2.82. The van der Waals surface area contributed by atoms with Gasteiger partial charge in [-0.25, -0.2) is 0 Å². The predicted molar refractivity (Wildman–Crippen MR) is 78.2 cm³/mol. The summed E-state index contributed by atoms with van der Waals surface area (Å²) in [6.07, 6.45) is 0.545.